The molecule has 1 aliphatic carbocycles. The van der Waals surface area contributed by atoms with Gasteiger partial charge in [-0.05, 0) is 37.3 Å². The number of ether oxygens (including phenoxy) is 1. The number of para-hydroxylation sites is 1. The number of hydrogen-bond donors (Lipinski definition) is 3. The van der Waals surface area contributed by atoms with Gasteiger partial charge in [0, 0.05) is 18.5 Å². The molecule has 1 aromatic carbocycles. The zero-order valence-corrected chi connectivity index (χ0v) is 12.4. The van der Waals surface area contributed by atoms with Crippen LogP contribution in [0.1, 0.15) is 25.7 Å². The molecular weight excluding hydrogens is 282 g/mol. The van der Waals surface area contributed by atoms with Gasteiger partial charge < -0.3 is 10.1 Å². The number of rotatable bonds is 4. The van der Waals surface area contributed by atoms with Gasteiger partial charge in [-0.1, -0.05) is 18.2 Å². The summed E-state index contributed by atoms with van der Waals surface area (Å²) in [6.07, 6.45) is 3.24. The summed E-state index contributed by atoms with van der Waals surface area (Å²) >= 11 is 0. The highest BCUT2D eigenvalue weighted by Gasteiger charge is 2.35. The fourth-order valence-electron chi connectivity index (χ4n) is 3.21. The minimum atomic E-state index is -0.111. The molecule has 0 aromatic heterocycles. The average Bonchev–Trinajstić information content (AvgIpc) is 2.53. The zero-order valence-electron chi connectivity index (χ0n) is 12.4. The molecule has 1 saturated carbocycles. The molecule has 118 valence electrons. The van der Waals surface area contributed by atoms with Crippen LogP contribution in [0.5, 0.6) is 5.75 Å². The number of carbonyl (C=O) groups excluding carboxylic acids is 2. The molecule has 3 atom stereocenters. The molecule has 22 heavy (non-hydrogen) atoms. The normalized spacial score (nSPS) is 27.5. The van der Waals surface area contributed by atoms with E-state index in [2.05, 4.69) is 16.2 Å². The van der Waals surface area contributed by atoms with Crippen LogP contribution in [0.4, 0.5) is 0 Å². The molecule has 0 spiro atoms. The van der Waals surface area contributed by atoms with Gasteiger partial charge in [0.15, 0.2) is 6.61 Å². The highest BCUT2D eigenvalue weighted by Crippen LogP contribution is 2.28. The van der Waals surface area contributed by atoms with Crippen molar-refractivity contribution >= 4 is 11.8 Å². The lowest BCUT2D eigenvalue weighted by atomic mass is 9.79. The molecule has 3 rings (SSSR count). The van der Waals surface area contributed by atoms with E-state index in [0.717, 1.165) is 19.3 Å². The van der Waals surface area contributed by atoms with Gasteiger partial charge in [-0.25, -0.2) is 5.43 Å². The van der Waals surface area contributed by atoms with E-state index in [0.29, 0.717) is 24.1 Å². The van der Waals surface area contributed by atoms with Gasteiger partial charge in [0.25, 0.3) is 5.91 Å². The van der Waals surface area contributed by atoms with Crippen LogP contribution < -0.4 is 20.9 Å². The van der Waals surface area contributed by atoms with Crippen LogP contribution in [0, 0.1) is 5.92 Å². The molecule has 0 bridgehead atoms. The Morgan fingerprint density at radius 2 is 2.09 bits per heavy atom. The van der Waals surface area contributed by atoms with Crippen LogP contribution in [-0.4, -0.2) is 30.5 Å². The predicted octanol–water partition coefficient (Wildman–Crippen LogP) is 0.743. The Bertz CT molecular complexity index is 535. The second-order valence-corrected chi connectivity index (χ2v) is 5.94. The summed E-state index contributed by atoms with van der Waals surface area (Å²) in [5.41, 5.74) is 5.73. The van der Waals surface area contributed by atoms with Gasteiger partial charge in [-0.2, -0.15) is 0 Å². The Labute approximate surface area is 129 Å². The number of hydrazine groups is 1. The lowest BCUT2D eigenvalue weighted by Gasteiger charge is -2.39. The Morgan fingerprint density at radius 1 is 1.27 bits per heavy atom. The van der Waals surface area contributed by atoms with Gasteiger partial charge in [0.05, 0.1) is 0 Å². The number of hydrogen-bond acceptors (Lipinski definition) is 4. The first kappa shape index (κ1) is 14.8. The first-order valence-electron chi connectivity index (χ1n) is 7.72. The van der Waals surface area contributed by atoms with Crippen molar-refractivity contribution in [1.82, 2.24) is 16.2 Å². The Hall–Kier alpha value is -2.08. The first-order chi connectivity index (χ1) is 10.7. The maximum Gasteiger partial charge on any atom is 0.258 e. The summed E-state index contributed by atoms with van der Waals surface area (Å²) in [5, 5.41) is 3.01. The van der Waals surface area contributed by atoms with E-state index in [1.54, 1.807) is 0 Å². The van der Waals surface area contributed by atoms with Crippen molar-refractivity contribution in [2.75, 3.05) is 6.61 Å². The van der Waals surface area contributed by atoms with Crippen LogP contribution in [0.3, 0.4) is 0 Å². The second kappa shape index (κ2) is 6.79. The SMILES string of the molecule is O=C1CC2CC(NC(=O)COc3ccccc3)CCC2NN1. The summed E-state index contributed by atoms with van der Waals surface area (Å²) in [6.45, 7) is 0.0212. The van der Waals surface area contributed by atoms with E-state index in [4.69, 9.17) is 4.74 Å². The molecule has 2 aliphatic rings. The Morgan fingerprint density at radius 3 is 2.91 bits per heavy atom. The van der Waals surface area contributed by atoms with Crippen molar-refractivity contribution in [2.24, 2.45) is 5.92 Å². The highest BCUT2D eigenvalue weighted by molar-refractivity contribution is 5.78. The topological polar surface area (TPSA) is 79.5 Å². The summed E-state index contributed by atoms with van der Waals surface area (Å²) < 4.78 is 5.44. The van der Waals surface area contributed by atoms with E-state index < -0.39 is 0 Å². The average molecular weight is 303 g/mol. The summed E-state index contributed by atoms with van der Waals surface area (Å²) in [7, 11) is 0. The predicted molar refractivity (Wildman–Crippen MR) is 80.9 cm³/mol. The molecular formula is C16H21N3O3. The van der Waals surface area contributed by atoms with Gasteiger partial charge in [-0.15, -0.1) is 0 Å². The van der Waals surface area contributed by atoms with E-state index >= 15 is 0 Å². The molecule has 1 heterocycles. The van der Waals surface area contributed by atoms with Crippen LogP contribution in [0.15, 0.2) is 30.3 Å². The van der Waals surface area contributed by atoms with Crippen molar-refractivity contribution < 1.29 is 14.3 Å². The molecule has 2 fully saturated rings. The van der Waals surface area contributed by atoms with Crippen molar-refractivity contribution in [3.63, 3.8) is 0 Å². The lowest BCUT2D eigenvalue weighted by molar-refractivity contribution is -0.127. The van der Waals surface area contributed by atoms with E-state index in [9.17, 15) is 9.59 Å². The molecule has 3 unspecified atom stereocenters. The summed E-state index contributed by atoms with van der Waals surface area (Å²) in [6, 6.07) is 9.74. The molecule has 6 nitrogen and oxygen atoms in total. The smallest absolute Gasteiger partial charge is 0.258 e. The van der Waals surface area contributed by atoms with Crippen LogP contribution in [-0.2, 0) is 9.59 Å². The number of fused-ring (bicyclic) bond motifs is 1. The van der Waals surface area contributed by atoms with Crippen LogP contribution in [0.25, 0.3) is 0 Å². The van der Waals surface area contributed by atoms with E-state index in [1.165, 1.54) is 0 Å². The minimum absolute atomic E-state index is 0.0212. The second-order valence-electron chi connectivity index (χ2n) is 5.94. The molecule has 1 aromatic rings. The summed E-state index contributed by atoms with van der Waals surface area (Å²) in [5.74, 6) is 0.901. The van der Waals surface area contributed by atoms with Crippen LogP contribution >= 0.6 is 0 Å². The maximum absolute atomic E-state index is 12.0. The molecule has 0 radical (unpaired) electrons. The Balaban J connectivity index is 1.45. The van der Waals surface area contributed by atoms with Gasteiger partial charge in [-0.3, -0.25) is 15.0 Å². The molecule has 3 N–H and O–H groups in total. The minimum Gasteiger partial charge on any atom is -0.484 e. The third-order valence-corrected chi connectivity index (χ3v) is 4.31. The molecule has 6 heteroatoms. The van der Waals surface area contributed by atoms with Crippen LogP contribution in [0.2, 0.25) is 0 Å². The molecule has 1 aliphatic heterocycles. The third-order valence-electron chi connectivity index (χ3n) is 4.31. The third kappa shape index (κ3) is 3.76. The number of benzene rings is 1. The van der Waals surface area contributed by atoms with Gasteiger partial charge >= 0.3 is 0 Å². The van der Waals surface area contributed by atoms with E-state index in [-0.39, 0.29) is 24.5 Å². The number of amides is 2. The first-order valence-corrected chi connectivity index (χ1v) is 7.72. The fraction of sp³-hybridized carbons (Fsp3) is 0.500. The van der Waals surface area contributed by atoms with E-state index in [1.807, 2.05) is 30.3 Å². The molecule has 1 saturated heterocycles. The quantitative estimate of drug-likeness (QED) is 0.766. The van der Waals surface area contributed by atoms with Crippen molar-refractivity contribution in [3.05, 3.63) is 30.3 Å². The van der Waals surface area contributed by atoms with Crippen molar-refractivity contribution in [3.8, 4) is 5.75 Å². The van der Waals surface area contributed by atoms with Crippen molar-refractivity contribution in [2.45, 2.75) is 37.8 Å². The van der Waals surface area contributed by atoms with Crippen molar-refractivity contribution in [1.29, 1.82) is 0 Å². The number of carbonyl (C=O) groups is 2. The standard InChI is InChI=1S/C16H21N3O3/c20-15-9-11-8-12(6-7-14(11)18-19-15)17-16(21)10-22-13-4-2-1-3-5-13/h1-5,11-12,14,18H,6-10H2,(H,17,21)(H,19,20). The van der Waals surface area contributed by atoms with Gasteiger partial charge in [0.1, 0.15) is 5.75 Å². The fourth-order valence-corrected chi connectivity index (χ4v) is 3.21. The lowest BCUT2D eigenvalue weighted by Crippen LogP contribution is -2.57. The monoisotopic (exact) mass is 303 g/mol. The highest BCUT2D eigenvalue weighted by atomic mass is 16.5. The van der Waals surface area contributed by atoms with Gasteiger partial charge in [0.2, 0.25) is 5.91 Å². The molecule has 2 amide bonds. The largest absolute Gasteiger partial charge is 0.484 e. The number of nitrogens with one attached hydrogen (secondary N) is 3. The summed E-state index contributed by atoms with van der Waals surface area (Å²) in [4.78, 5) is 23.4. The zero-order chi connectivity index (χ0) is 15.4. The Kier molecular flexibility index (Phi) is 4.58. The maximum atomic E-state index is 12.0.